The predicted octanol–water partition coefficient (Wildman–Crippen LogP) is 1.31. The number of hydroxylamine groups is 2. The number of para-hydroxylation sites is 1. The maximum absolute atomic E-state index is 11.7. The van der Waals surface area contributed by atoms with Crippen LogP contribution in [-0.4, -0.2) is 45.5 Å². The van der Waals surface area contributed by atoms with Gasteiger partial charge < -0.3 is 15.3 Å². The van der Waals surface area contributed by atoms with E-state index < -0.39 is 40.9 Å². The van der Waals surface area contributed by atoms with Crippen LogP contribution in [0, 0.1) is 10.1 Å². The van der Waals surface area contributed by atoms with Gasteiger partial charge in [0.2, 0.25) is 0 Å². The van der Waals surface area contributed by atoms with Crippen molar-refractivity contribution in [3.8, 4) is 0 Å². The third-order valence-corrected chi connectivity index (χ3v) is 3.50. The van der Waals surface area contributed by atoms with Crippen LogP contribution in [0.1, 0.15) is 19.3 Å². The number of carbonyl (C=O) groups is 3. The predicted molar refractivity (Wildman–Crippen MR) is 88.2 cm³/mol. The summed E-state index contributed by atoms with van der Waals surface area (Å²) in [6.45, 7) is 0.125. The minimum atomic E-state index is -1.52. The molecule has 1 fully saturated rings. The maximum Gasteiger partial charge on any atom is 0.333 e. The number of aliphatic hydroxyl groups excluding tert-OH is 1. The molecule has 2 rings (SSSR count). The van der Waals surface area contributed by atoms with Crippen molar-refractivity contribution in [3.05, 3.63) is 38.8 Å². The van der Waals surface area contributed by atoms with Crippen LogP contribution in [0.2, 0.25) is 0 Å². The molecule has 1 aliphatic rings. The smallest absolute Gasteiger partial charge is 0.333 e. The molecule has 0 aliphatic carbocycles. The number of imide groups is 1. The SMILES string of the molecule is [N-]=[N+]=Nc1cccc(NCCCC(=O)ON2C(=O)CC(O)C2=O)c1[N+](=O)[O-]. The molecule has 1 saturated heterocycles. The molecule has 1 aromatic rings. The van der Waals surface area contributed by atoms with Crippen molar-refractivity contribution >= 4 is 34.8 Å². The first kappa shape index (κ1) is 19.6. The Labute approximate surface area is 151 Å². The number of rotatable bonds is 8. The lowest BCUT2D eigenvalue weighted by Gasteiger charge is -2.13. The fraction of sp³-hybridized carbons (Fsp3) is 0.357. The van der Waals surface area contributed by atoms with Gasteiger partial charge in [0.05, 0.1) is 11.3 Å². The van der Waals surface area contributed by atoms with Crippen LogP contribution >= 0.6 is 0 Å². The first-order chi connectivity index (χ1) is 12.8. The van der Waals surface area contributed by atoms with E-state index in [0.29, 0.717) is 0 Å². The molecule has 1 unspecified atom stereocenters. The molecule has 0 radical (unpaired) electrons. The second-order valence-corrected chi connectivity index (χ2v) is 5.36. The molecule has 1 aromatic carbocycles. The number of amides is 2. The third kappa shape index (κ3) is 4.68. The van der Waals surface area contributed by atoms with Gasteiger partial charge in [-0.1, -0.05) is 16.2 Å². The van der Waals surface area contributed by atoms with Gasteiger partial charge in [-0.15, -0.1) is 0 Å². The van der Waals surface area contributed by atoms with Crippen LogP contribution in [0.25, 0.3) is 10.4 Å². The van der Waals surface area contributed by atoms with Crippen molar-refractivity contribution < 1.29 is 29.3 Å². The number of anilines is 1. The maximum atomic E-state index is 11.7. The minimum Gasteiger partial charge on any atom is -0.383 e. The van der Waals surface area contributed by atoms with Gasteiger partial charge >= 0.3 is 11.7 Å². The van der Waals surface area contributed by atoms with Crippen molar-refractivity contribution in [3.63, 3.8) is 0 Å². The Morgan fingerprint density at radius 2 is 2.26 bits per heavy atom. The summed E-state index contributed by atoms with van der Waals surface area (Å²) in [4.78, 5) is 52.1. The lowest BCUT2D eigenvalue weighted by atomic mass is 10.2. The second kappa shape index (κ2) is 8.60. The highest BCUT2D eigenvalue weighted by atomic mass is 16.7. The highest BCUT2D eigenvalue weighted by Gasteiger charge is 2.40. The largest absolute Gasteiger partial charge is 0.383 e. The quantitative estimate of drug-likeness (QED) is 0.129. The number of hydrogen-bond donors (Lipinski definition) is 2. The van der Waals surface area contributed by atoms with E-state index >= 15 is 0 Å². The molecule has 13 nitrogen and oxygen atoms in total. The Bertz CT molecular complexity index is 835. The molecular weight excluding hydrogens is 364 g/mol. The van der Waals surface area contributed by atoms with Gasteiger partial charge in [-0.3, -0.25) is 19.7 Å². The van der Waals surface area contributed by atoms with Gasteiger partial charge in [0.15, 0.2) is 0 Å². The molecule has 2 amide bonds. The van der Waals surface area contributed by atoms with Gasteiger partial charge in [-0.2, -0.15) is 0 Å². The number of benzene rings is 1. The Hall–Kier alpha value is -3.70. The average Bonchev–Trinajstić information content (AvgIpc) is 2.85. The zero-order valence-electron chi connectivity index (χ0n) is 13.8. The van der Waals surface area contributed by atoms with Crippen LogP contribution < -0.4 is 5.32 Å². The van der Waals surface area contributed by atoms with Crippen molar-refractivity contribution in [2.75, 3.05) is 11.9 Å². The van der Waals surface area contributed by atoms with E-state index in [0.717, 1.165) is 0 Å². The van der Waals surface area contributed by atoms with E-state index in [9.17, 15) is 29.6 Å². The summed E-state index contributed by atoms with van der Waals surface area (Å²) in [5, 5.41) is 26.6. The zero-order valence-corrected chi connectivity index (χ0v) is 13.8. The molecule has 1 heterocycles. The number of aliphatic hydroxyl groups is 1. The van der Waals surface area contributed by atoms with E-state index in [1.54, 1.807) is 0 Å². The van der Waals surface area contributed by atoms with E-state index in [1.165, 1.54) is 18.2 Å². The van der Waals surface area contributed by atoms with Gasteiger partial charge in [0.1, 0.15) is 17.5 Å². The Morgan fingerprint density at radius 1 is 1.52 bits per heavy atom. The molecule has 1 aliphatic heterocycles. The van der Waals surface area contributed by atoms with Crippen LogP contribution in [-0.2, 0) is 19.2 Å². The number of hydrogen-bond acceptors (Lipinski definition) is 9. The molecule has 13 heteroatoms. The van der Waals surface area contributed by atoms with Crippen molar-refractivity contribution in [1.29, 1.82) is 0 Å². The highest BCUT2D eigenvalue weighted by Crippen LogP contribution is 2.34. The normalized spacial score (nSPS) is 16.0. The minimum absolute atomic E-state index is 0.103. The molecule has 0 saturated carbocycles. The van der Waals surface area contributed by atoms with E-state index in [1.807, 2.05) is 0 Å². The highest BCUT2D eigenvalue weighted by molar-refractivity contribution is 6.04. The zero-order chi connectivity index (χ0) is 20.0. The number of nitrogens with zero attached hydrogens (tertiary/aromatic N) is 5. The Kier molecular flexibility index (Phi) is 6.25. The van der Waals surface area contributed by atoms with Crippen molar-refractivity contribution in [2.45, 2.75) is 25.4 Å². The Morgan fingerprint density at radius 3 is 2.85 bits per heavy atom. The van der Waals surface area contributed by atoms with Crippen molar-refractivity contribution in [1.82, 2.24) is 5.06 Å². The first-order valence-corrected chi connectivity index (χ1v) is 7.67. The summed E-state index contributed by atoms with van der Waals surface area (Å²) < 4.78 is 0. The van der Waals surface area contributed by atoms with Crippen LogP contribution in [0.5, 0.6) is 0 Å². The summed E-state index contributed by atoms with van der Waals surface area (Å²) in [6.07, 6.45) is -1.99. The third-order valence-electron chi connectivity index (χ3n) is 3.50. The second-order valence-electron chi connectivity index (χ2n) is 5.36. The van der Waals surface area contributed by atoms with Gasteiger partial charge in [-0.05, 0) is 24.1 Å². The number of nitrogens with one attached hydrogen (secondary N) is 1. The number of carbonyl (C=O) groups excluding carboxylic acids is 3. The summed E-state index contributed by atoms with van der Waals surface area (Å²) in [5.41, 5.74) is 8.00. The van der Waals surface area contributed by atoms with Gasteiger partial charge in [-0.25, -0.2) is 4.79 Å². The molecule has 0 bridgehead atoms. The number of nitro groups is 1. The molecular formula is C14H14N6O7. The molecule has 1 atom stereocenters. The lowest BCUT2D eigenvalue weighted by molar-refractivity contribution is -0.383. The monoisotopic (exact) mass is 378 g/mol. The number of nitro benzene ring substituents is 1. The van der Waals surface area contributed by atoms with Crippen LogP contribution in [0.4, 0.5) is 17.1 Å². The van der Waals surface area contributed by atoms with Crippen LogP contribution in [0.15, 0.2) is 23.3 Å². The van der Waals surface area contributed by atoms with Gasteiger partial charge in [0.25, 0.3) is 11.8 Å². The van der Waals surface area contributed by atoms with Crippen LogP contribution in [0.3, 0.4) is 0 Å². The summed E-state index contributed by atoms with van der Waals surface area (Å²) in [6, 6.07) is 4.16. The lowest BCUT2D eigenvalue weighted by Crippen LogP contribution is -2.34. The van der Waals surface area contributed by atoms with E-state index in [2.05, 4.69) is 20.2 Å². The first-order valence-electron chi connectivity index (χ1n) is 7.67. The summed E-state index contributed by atoms with van der Waals surface area (Å²) in [5.74, 6) is -2.69. The molecule has 142 valence electrons. The standard InChI is InChI=1S/C14H14N6O7/c15-18-17-9-4-1-3-8(13(9)20(25)26)16-6-2-5-12(23)27-19-11(22)7-10(21)14(19)24/h1,3-4,10,16,21H,2,5-7H2. The molecule has 0 spiro atoms. The van der Waals surface area contributed by atoms with E-state index in [-0.39, 0.29) is 35.8 Å². The summed E-state index contributed by atoms with van der Waals surface area (Å²) >= 11 is 0. The molecule has 0 aromatic heterocycles. The average molecular weight is 378 g/mol. The fourth-order valence-corrected chi connectivity index (χ4v) is 2.29. The molecule has 27 heavy (non-hydrogen) atoms. The number of azide groups is 1. The topological polar surface area (TPSA) is 188 Å². The van der Waals surface area contributed by atoms with E-state index in [4.69, 9.17) is 5.53 Å². The molecule has 2 N–H and O–H groups in total. The van der Waals surface area contributed by atoms with Gasteiger partial charge in [0, 0.05) is 17.9 Å². The Balaban J connectivity index is 1.88. The fourth-order valence-electron chi connectivity index (χ4n) is 2.29. The van der Waals surface area contributed by atoms with Crippen molar-refractivity contribution in [2.24, 2.45) is 5.11 Å². The summed E-state index contributed by atoms with van der Waals surface area (Å²) in [7, 11) is 0.